The fourth-order valence-corrected chi connectivity index (χ4v) is 2.64. The van der Waals surface area contributed by atoms with E-state index in [-0.39, 0.29) is 11.9 Å². The molecule has 0 saturated carbocycles. The van der Waals surface area contributed by atoms with E-state index in [0.29, 0.717) is 24.5 Å². The third kappa shape index (κ3) is 3.12. The highest BCUT2D eigenvalue weighted by Crippen LogP contribution is 2.29. The normalized spacial score (nSPS) is 17.0. The average molecular weight is 316 g/mol. The van der Waals surface area contributed by atoms with Crippen LogP contribution in [0.2, 0.25) is 0 Å². The number of carbonyl (C=O) groups is 1. The number of anilines is 1. The minimum Gasteiger partial charge on any atom is -0.491 e. The highest BCUT2D eigenvalue weighted by atomic mass is 19.1. The van der Waals surface area contributed by atoms with Crippen molar-refractivity contribution in [2.24, 2.45) is 0 Å². The van der Waals surface area contributed by atoms with Crippen LogP contribution in [0.4, 0.5) is 10.1 Å². The Bertz CT molecular complexity index is 718. The van der Waals surface area contributed by atoms with E-state index < -0.39 is 5.91 Å². The van der Waals surface area contributed by atoms with E-state index in [1.165, 1.54) is 12.1 Å². The molecule has 2 aromatic carbocycles. The van der Waals surface area contributed by atoms with Crippen molar-refractivity contribution in [2.45, 2.75) is 19.5 Å². The molecule has 0 bridgehead atoms. The number of hydroxylamine groups is 1. The largest absolute Gasteiger partial charge is 0.491 e. The molecule has 2 N–H and O–H groups in total. The van der Waals surface area contributed by atoms with Crippen LogP contribution in [0.1, 0.15) is 22.8 Å². The van der Waals surface area contributed by atoms with Crippen LogP contribution < -0.4 is 15.1 Å². The molecule has 0 aromatic heterocycles. The lowest BCUT2D eigenvalue weighted by atomic mass is 10.1. The summed E-state index contributed by atoms with van der Waals surface area (Å²) in [5.41, 5.74) is 3.77. The number of ether oxygens (including phenoxy) is 1. The Balaban J connectivity index is 1.92. The van der Waals surface area contributed by atoms with Gasteiger partial charge in [-0.15, -0.1) is 0 Å². The zero-order valence-electron chi connectivity index (χ0n) is 12.6. The second-order valence-electron chi connectivity index (χ2n) is 5.53. The summed E-state index contributed by atoms with van der Waals surface area (Å²) >= 11 is 0. The molecule has 1 unspecified atom stereocenters. The van der Waals surface area contributed by atoms with Crippen LogP contribution in [0.25, 0.3) is 0 Å². The molecule has 1 atom stereocenters. The molecular formula is C17H17FN2O3. The van der Waals surface area contributed by atoms with E-state index in [2.05, 4.69) is 4.90 Å². The van der Waals surface area contributed by atoms with Crippen molar-refractivity contribution in [2.75, 3.05) is 11.5 Å². The van der Waals surface area contributed by atoms with E-state index >= 15 is 0 Å². The van der Waals surface area contributed by atoms with Gasteiger partial charge in [-0.05, 0) is 43.3 Å². The van der Waals surface area contributed by atoms with Gasteiger partial charge in [0.1, 0.15) is 18.2 Å². The predicted octanol–water partition coefficient (Wildman–Crippen LogP) is 2.73. The molecule has 120 valence electrons. The lowest BCUT2D eigenvalue weighted by Gasteiger charge is -2.28. The number of benzene rings is 2. The van der Waals surface area contributed by atoms with Gasteiger partial charge in [-0.2, -0.15) is 0 Å². The van der Waals surface area contributed by atoms with Crippen LogP contribution in [0, 0.1) is 5.82 Å². The van der Waals surface area contributed by atoms with Crippen LogP contribution in [-0.4, -0.2) is 23.8 Å². The molecule has 0 aliphatic carbocycles. The maximum Gasteiger partial charge on any atom is 0.274 e. The molecule has 23 heavy (non-hydrogen) atoms. The highest BCUT2D eigenvalue weighted by molar-refractivity contribution is 5.93. The fraction of sp³-hybridized carbons (Fsp3) is 0.235. The molecule has 6 heteroatoms. The fourth-order valence-electron chi connectivity index (χ4n) is 2.64. The quantitative estimate of drug-likeness (QED) is 0.660. The Kier molecular flexibility index (Phi) is 4.16. The van der Waals surface area contributed by atoms with Crippen molar-refractivity contribution in [3.05, 3.63) is 59.4 Å². The van der Waals surface area contributed by atoms with E-state index in [9.17, 15) is 9.18 Å². The lowest BCUT2D eigenvalue weighted by Crippen LogP contribution is -2.34. The van der Waals surface area contributed by atoms with E-state index in [1.807, 2.05) is 6.92 Å². The number of carbonyl (C=O) groups excluding carboxylic acids is 1. The number of fused-ring (bicyclic) bond motifs is 1. The topological polar surface area (TPSA) is 61.8 Å². The number of rotatable bonds is 2. The number of amides is 1. The molecule has 3 rings (SSSR count). The van der Waals surface area contributed by atoms with Gasteiger partial charge in [0, 0.05) is 23.4 Å². The van der Waals surface area contributed by atoms with Gasteiger partial charge >= 0.3 is 0 Å². The first kappa shape index (κ1) is 15.3. The molecule has 1 amide bonds. The smallest absolute Gasteiger partial charge is 0.274 e. The Morgan fingerprint density at radius 1 is 1.30 bits per heavy atom. The Morgan fingerprint density at radius 2 is 2.04 bits per heavy atom. The van der Waals surface area contributed by atoms with Crippen molar-refractivity contribution in [1.82, 2.24) is 5.48 Å². The Hall–Kier alpha value is -2.60. The second-order valence-corrected chi connectivity index (χ2v) is 5.53. The Labute approximate surface area is 133 Å². The first-order chi connectivity index (χ1) is 11.1. The minimum atomic E-state index is -0.580. The highest BCUT2D eigenvalue weighted by Gasteiger charge is 2.22. The monoisotopic (exact) mass is 316 g/mol. The van der Waals surface area contributed by atoms with Crippen LogP contribution in [-0.2, 0) is 6.54 Å². The van der Waals surface area contributed by atoms with Gasteiger partial charge in [-0.3, -0.25) is 10.0 Å². The number of nitrogens with one attached hydrogen (secondary N) is 1. The first-order valence-corrected chi connectivity index (χ1v) is 7.31. The molecule has 0 radical (unpaired) electrons. The van der Waals surface area contributed by atoms with Gasteiger partial charge < -0.3 is 9.64 Å². The summed E-state index contributed by atoms with van der Waals surface area (Å²) in [6.45, 7) is 3.05. The maximum absolute atomic E-state index is 13.1. The third-order valence-corrected chi connectivity index (χ3v) is 3.94. The molecular weight excluding hydrogens is 299 g/mol. The summed E-state index contributed by atoms with van der Waals surface area (Å²) in [6.07, 6.45) is 0. The summed E-state index contributed by atoms with van der Waals surface area (Å²) in [4.78, 5) is 13.6. The summed E-state index contributed by atoms with van der Waals surface area (Å²) < 4.78 is 18.9. The van der Waals surface area contributed by atoms with Crippen LogP contribution in [0.15, 0.2) is 42.5 Å². The molecule has 1 aliphatic heterocycles. The molecule has 0 spiro atoms. The van der Waals surface area contributed by atoms with E-state index in [0.717, 1.165) is 11.3 Å². The number of hydrogen-bond acceptors (Lipinski definition) is 4. The van der Waals surface area contributed by atoms with Gasteiger partial charge in [0.15, 0.2) is 0 Å². The van der Waals surface area contributed by atoms with Crippen molar-refractivity contribution >= 4 is 11.6 Å². The van der Waals surface area contributed by atoms with Crippen molar-refractivity contribution in [3.63, 3.8) is 0 Å². The molecule has 5 nitrogen and oxygen atoms in total. The van der Waals surface area contributed by atoms with Gasteiger partial charge in [-0.25, -0.2) is 9.87 Å². The minimum absolute atomic E-state index is 0.0861. The SMILES string of the molecule is CC1COc2cc(C(=O)NO)ccc2CN1c1ccc(F)cc1. The van der Waals surface area contributed by atoms with Crippen LogP contribution >= 0.6 is 0 Å². The van der Waals surface area contributed by atoms with E-state index in [4.69, 9.17) is 9.94 Å². The van der Waals surface area contributed by atoms with Gasteiger partial charge in [0.2, 0.25) is 0 Å². The summed E-state index contributed by atoms with van der Waals surface area (Å²) in [5.74, 6) is -0.237. The van der Waals surface area contributed by atoms with Crippen molar-refractivity contribution < 1.29 is 19.1 Å². The van der Waals surface area contributed by atoms with Gasteiger partial charge in [0.25, 0.3) is 5.91 Å². The van der Waals surface area contributed by atoms with Crippen molar-refractivity contribution in [3.8, 4) is 5.75 Å². The zero-order chi connectivity index (χ0) is 16.4. The molecule has 0 saturated heterocycles. The third-order valence-electron chi connectivity index (χ3n) is 3.94. The van der Waals surface area contributed by atoms with Gasteiger partial charge in [0.05, 0.1) is 6.04 Å². The number of halogens is 1. The zero-order valence-corrected chi connectivity index (χ0v) is 12.6. The molecule has 1 aliphatic rings. The summed E-state index contributed by atoms with van der Waals surface area (Å²) in [6, 6.07) is 11.5. The number of nitrogens with zero attached hydrogens (tertiary/aromatic N) is 1. The van der Waals surface area contributed by atoms with Crippen LogP contribution in [0.3, 0.4) is 0 Å². The van der Waals surface area contributed by atoms with Gasteiger partial charge in [-0.1, -0.05) is 6.07 Å². The standard InChI is InChI=1S/C17H17FN2O3/c1-11-10-23-16-8-12(17(21)19-22)2-3-13(16)9-20(11)15-6-4-14(18)5-7-15/h2-8,11,22H,9-10H2,1H3,(H,19,21). The van der Waals surface area contributed by atoms with E-state index in [1.54, 1.807) is 35.8 Å². The lowest BCUT2D eigenvalue weighted by molar-refractivity contribution is 0.0706. The molecule has 2 aromatic rings. The van der Waals surface area contributed by atoms with Crippen LogP contribution in [0.5, 0.6) is 5.75 Å². The predicted molar refractivity (Wildman–Crippen MR) is 83.2 cm³/mol. The Morgan fingerprint density at radius 3 is 2.74 bits per heavy atom. The second kappa shape index (κ2) is 6.26. The summed E-state index contributed by atoms with van der Waals surface area (Å²) in [7, 11) is 0. The van der Waals surface area contributed by atoms with Crippen molar-refractivity contribution in [1.29, 1.82) is 0 Å². The molecule has 0 fully saturated rings. The molecule has 1 heterocycles. The number of hydrogen-bond donors (Lipinski definition) is 2. The summed E-state index contributed by atoms with van der Waals surface area (Å²) in [5, 5.41) is 8.72. The maximum atomic E-state index is 13.1. The average Bonchev–Trinajstić information content (AvgIpc) is 2.74. The first-order valence-electron chi connectivity index (χ1n) is 7.31.